The van der Waals surface area contributed by atoms with Gasteiger partial charge in [0, 0.05) is 37.2 Å². The van der Waals surface area contributed by atoms with Gasteiger partial charge in [0.2, 0.25) is 10.0 Å². The van der Waals surface area contributed by atoms with E-state index in [0.717, 1.165) is 17.1 Å². The van der Waals surface area contributed by atoms with Crippen molar-refractivity contribution >= 4 is 15.8 Å². The fourth-order valence-corrected chi connectivity index (χ4v) is 4.00. The van der Waals surface area contributed by atoms with Gasteiger partial charge in [0.15, 0.2) is 0 Å². The van der Waals surface area contributed by atoms with E-state index in [2.05, 4.69) is 30.1 Å². The topological polar surface area (TPSA) is 120 Å². The summed E-state index contributed by atoms with van der Waals surface area (Å²) in [5, 5.41) is 7.24. The molecule has 160 valence electrons. The average Bonchev–Trinajstić information content (AvgIpc) is 3.42. The van der Waals surface area contributed by atoms with E-state index >= 15 is 0 Å². The molecule has 0 aliphatic rings. The maximum Gasteiger partial charge on any atom is 0.240 e. The Balaban J connectivity index is 1.34. The number of nitrogens with one attached hydrogen (secondary N) is 2. The first-order chi connectivity index (χ1) is 14.9. The first-order valence-electron chi connectivity index (χ1n) is 9.60. The molecule has 0 bridgehead atoms. The quantitative estimate of drug-likeness (QED) is 0.403. The van der Waals surface area contributed by atoms with Gasteiger partial charge in [0.1, 0.15) is 24.3 Å². The average molecular weight is 439 g/mol. The van der Waals surface area contributed by atoms with Crippen LogP contribution in [0.4, 0.5) is 5.82 Å². The molecule has 0 atom stereocenters. The lowest BCUT2D eigenvalue weighted by Gasteiger charge is -2.10. The molecule has 4 aromatic rings. The predicted octanol–water partition coefficient (Wildman–Crippen LogP) is 1.86. The number of benzene rings is 1. The van der Waals surface area contributed by atoms with Gasteiger partial charge < -0.3 is 5.32 Å². The second kappa shape index (κ2) is 8.66. The number of anilines is 1. The monoisotopic (exact) mass is 438 g/mol. The van der Waals surface area contributed by atoms with Crippen LogP contribution in [-0.2, 0) is 10.0 Å². The van der Waals surface area contributed by atoms with Crippen LogP contribution in [0.5, 0.6) is 0 Å². The van der Waals surface area contributed by atoms with Gasteiger partial charge in [-0.15, -0.1) is 0 Å². The van der Waals surface area contributed by atoms with E-state index in [9.17, 15) is 8.42 Å². The molecule has 10 nitrogen and oxygen atoms in total. The van der Waals surface area contributed by atoms with E-state index < -0.39 is 10.0 Å². The Hall–Kier alpha value is -3.57. The zero-order valence-corrected chi connectivity index (χ0v) is 17.9. The van der Waals surface area contributed by atoms with Crippen molar-refractivity contribution in [2.24, 2.45) is 0 Å². The molecule has 0 saturated heterocycles. The first kappa shape index (κ1) is 20.7. The van der Waals surface area contributed by atoms with Crippen LogP contribution in [0.15, 0.2) is 66.3 Å². The first-order valence-corrected chi connectivity index (χ1v) is 11.1. The van der Waals surface area contributed by atoms with Gasteiger partial charge >= 0.3 is 0 Å². The highest BCUT2D eigenvalue weighted by Crippen LogP contribution is 2.14. The molecule has 31 heavy (non-hydrogen) atoms. The van der Waals surface area contributed by atoms with Gasteiger partial charge in [-0.2, -0.15) is 5.10 Å². The minimum atomic E-state index is -3.62. The smallest absolute Gasteiger partial charge is 0.240 e. The Morgan fingerprint density at radius 1 is 1.03 bits per heavy atom. The summed E-state index contributed by atoms with van der Waals surface area (Å²) in [4.78, 5) is 12.9. The third-order valence-electron chi connectivity index (χ3n) is 4.79. The molecule has 0 aliphatic heterocycles. The van der Waals surface area contributed by atoms with E-state index in [4.69, 9.17) is 0 Å². The Kier molecular flexibility index (Phi) is 5.78. The van der Waals surface area contributed by atoms with E-state index in [0.29, 0.717) is 18.2 Å². The molecule has 0 radical (unpaired) electrons. The molecule has 0 unspecified atom stereocenters. The van der Waals surface area contributed by atoms with E-state index in [1.807, 2.05) is 18.4 Å². The van der Waals surface area contributed by atoms with Crippen molar-refractivity contribution in [1.82, 2.24) is 34.0 Å². The minimum Gasteiger partial charge on any atom is -0.369 e. The third kappa shape index (κ3) is 4.62. The SMILES string of the molecule is Cc1ncn(-c2cc(NCCNS(=O)(=O)c3ccc(-n4cccn4)cc3)ncn2)c1C. The molecule has 2 N–H and O–H groups in total. The summed E-state index contributed by atoms with van der Waals surface area (Å²) in [6.07, 6.45) is 6.62. The Bertz CT molecular complexity index is 1270. The summed E-state index contributed by atoms with van der Waals surface area (Å²) >= 11 is 0. The number of aromatic nitrogens is 6. The van der Waals surface area contributed by atoms with Gasteiger partial charge in [0.25, 0.3) is 0 Å². The molecular weight excluding hydrogens is 416 g/mol. The van der Waals surface area contributed by atoms with Crippen molar-refractivity contribution < 1.29 is 8.42 Å². The second-order valence-electron chi connectivity index (χ2n) is 6.82. The van der Waals surface area contributed by atoms with Crippen molar-refractivity contribution in [1.29, 1.82) is 0 Å². The lowest BCUT2D eigenvalue weighted by molar-refractivity contribution is 0.583. The maximum absolute atomic E-state index is 12.5. The van der Waals surface area contributed by atoms with Crippen LogP contribution in [0.3, 0.4) is 0 Å². The second-order valence-corrected chi connectivity index (χ2v) is 8.58. The summed E-state index contributed by atoms with van der Waals surface area (Å²) < 4.78 is 31.2. The Morgan fingerprint density at radius 3 is 2.52 bits per heavy atom. The number of imidazole rings is 1. The van der Waals surface area contributed by atoms with E-state index in [-0.39, 0.29) is 11.4 Å². The number of hydrogen-bond acceptors (Lipinski definition) is 7. The molecule has 11 heteroatoms. The molecule has 0 amide bonds. The van der Waals surface area contributed by atoms with Gasteiger partial charge in [0.05, 0.1) is 16.3 Å². The van der Waals surface area contributed by atoms with Gasteiger partial charge in [-0.25, -0.2) is 32.8 Å². The Morgan fingerprint density at radius 2 is 1.84 bits per heavy atom. The van der Waals surface area contributed by atoms with Crippen molar-refractivity contribution in [3.05, 3.63) is 72.8 Å². The van der Waals surface area contributed by atoms with Crippen molar-refractivity contribution in [3.8, 4) is 11.5 Å². The molecule has 1 aromatic carbocycles. The Labute approximate surface area is 180 Å². The van der Waals surface area contributed by atoms with E-state index in [1.165, 1.54) is 6.33 Å². The molecule has 0 saturated carbocycles. The lowest BCUT2D eigenvalue weighted by atomic mass is 10.3. The van der Waals surface area contributed by atoms with Crippen LogP contribution in [0, 0.1) is 13.8 Å². The van der Waals surface area contributed by atoms with Crippen LogP contribution in [0.2, 0.25) is 0 Å². The fourth-order valence-electron chi connectivity index (χ4n) is 2.96. The van der Waals surface area contributed by atoms with Crippen molar-refractivity contribution in [2.45, 2.75) is 18.7 Å². The largest absolute Gasteiger partial charge is 0.369 e. The predicted molar refractivity (Wildman–Crippen MR) is 116 cm³/mol. The van der Waals surface area contributed by atoms with Crippen LogP contribution >= 0.6 is 0 Å². The minimum absolute atomic E-state index is 0.193. The highest BCUT2D eigenvalue weighted by Gasteiger charge is 2.13. The standard InChI is InChI=1S/C20H22N8O2S/c1-15-16(2)27(14-24-15)20-12-19(22-13-23-20)21-9-10-26-31(29,30)18-6-4-17(5-7-18)28-11-3-8-25-28/h3-8,11-14,26H,9-10H2,1-2H3,(H,21,22,23). The number of hydrogen-bond donors (Lipinski definition) is 2. The maximum atomic E-state index is 12.5. The molecule has 3 heterocycles. The molecule has 0 fully saturated rings. The highest BCUT2D eigenvalue weighted by molar-refractivity contribution is 7.89. The zero-order chi connectivity index (χ0) is 21.8. The van der Waals surface area contributed by atoms with Gasteiger partial charge in [-0.3, -0.25) is 4.57 Å². The summed E-state index contributed by atoms with van der Waals surface area (Å²) in [5.41, 5.74) is 2.71. The molecule has 4 rings (SSSR count). The lowest BCUT2D eigenvalue weighted by Crippen LogP contribution is -2.29. The van der Waals surface area contributed by atoms with Crippen molar-refractivity contribution in [3.63, 3.8) is 0 Å². The summed E-state index contributed by atoms with van der Waals surface area (Å²) in [6, 6.07) is 10.1. The molecule has 0 aliphatic carbocycles. The summed E-state index contributed by atoms with van der Waals surface area (Å²) in [5.74, 6) is 1.28. The molecular formula is C20H22N8O2S. The highest BCUT2D eigenvalue weighted by atomic mass is 32.2. The fraction of sp³-hybridized carbons (Fsp3) is 0.200. The number of sulfonamides is 1. The van der Waals surface area contributed by atoms with Crippen molar-refractivity contribution in [2.75, 3.05) is 18.4 Å². The number of aryl methyl sites for hydroxylation is 1. The zero-order valence-electron chi connectivity index (χ0n) is 17.1. The van der Waals surface area contributed by atoms with Gasteiger partial charge in [-0.05, 0) is 44.2 Å². The molecule has 0 spiro atoms. The van der Waals surface area contributed by atoms with Gasteiger partial charge in [-0.1, -0.05) is 0 Å². The summed E-state index contributed by atoms with van der Waals surface area (Å²) in [6.45, 7) is 4.46. The van der Waals surface area contributed by atoms with Crippen LogP contribution in [0.1, 0.15) is 11.4 Å². The third-order valence-corrected chi connectivity index (χ3v) is 6.27. The molecule has 3 aromatic heterocycles. The normalized spacial score (nSPS) is 11.5. The number of nitrogens with zero attached hydrogens (tertiary/aromatic N) is 6. The summed E-state index contributed by atoms with van der Waals surface area (Å²) in [7, 11) is -3.62. The number of rotatable bonds is 8. The van der Waals surface area contributed by atoms with Crippen LogP contribution < -0.4 is 10.0 Å². The van der Waals surface area contributed by atoms with Crippen LogP contribution in [-0.4, -0.2) is 50.8 Å². The van der Waals surface area contributed by atoms with E-state index in [1.54, 1.807) is 59.8 Å². The van der Waals surface area contributed by atoms with Crippen LogP contribution in [0.25, 0.3) is 11.5 Å².